The van der Waals surface area contributed by atoms with E-state index in [4.69, 9.17) is 9.84 Å². The summed E-state index contributed by atoms with van der Waals surface area (Å²) in [5.41, 5.74) is 3.83. The number of nitro benzene ring substituents is 1. The van der Waals surface area contributed by atoms with Gasteiger partial charge in [-0.1, -0.05) is 58.4 Å². The molecule has 7 heteroatoms. The van der Waals surface area contributed by atoms with Crippen molar-refractivity contribution in [3.05, 3.63) is 104 Å². The number of hydrazone groups is 1. The second kappa shape index (κ2) is 7.00. The third-order valence-corrected chi connectivity index (χ3v) is 5.72. The largest absolute Gasteiger partial charge is 0.464 e. The number of fused-ring (bicyclic) bond motifs is 3. The van der Waals surface area contributed by atoms with Gasteiger partial charge in [-0.25, -0.2) is 5.01 Å². The Morgan fingerprint density at radius 1 is 1.07 bits per heavy atom. The number of nitro groups is 1. The van der Waals surface area contributed by atoms with E-state index < -0.39 is 11.2 Å². The van der Waals surface area contributed by atoms with Crippen molar-refractivity contribution >= 4 is 27.3 Å². The number of hydrogen-bond donors (Lipinski definition) is 0. The quantitative estimate of drug-likeness (QED) is 0.385. The lowest BCUT2D eigenvalue weighted by atomic mass is 9.96. The predicted octanol–water partition coefficient (Wildman–Crippen LogP) is 5.60. The van der Waals surface area contributed by atoms with E-state index >= 15 is 0 Å². The van der Waals surface area contributed by atoms with E-state index in [1.165, 1.54) is 6.07 Å². The highest BCUT2D eigenvalue weighted by molar-refractivity contribution is 9.10. The minimum absolute atomic E-state index is 0.00396. The second-order valence-corrected chi connectivity index (χ2v) is 7.93. The fourth-order valence-electron chi connectivity index (χ4n) is 3.88. The number of halogens is 1. The Morgan fingerprint density at radius 2 is 1.90 bits per heavy atom. The molecule has 0 amide bonds. The van der Waals surface area contributed by atoms with E-state index in [0.29, 0.717) is 5.56 Å². The van der Waals surface area contributed by atoms with Crippen LogP contribution in [0.1, 0.15) is 35.4 Å². The van der Waals surface area contributed by atoms with Gasteiger partial charge in [0, 0.05) is 34.2 Å². The molecule has 2 heterocycles. The maximum absolute atomic E-state index is 11.3. The first-order valence-corrected chi connectivity index (χ1v) is 10.0. The van der Waals surface area contributed by atoms with Gasteiger partial charge in [-0.15, -0.1) is 0 Å². The SMILES string of the molecule is O=[N+]([O-])c1cccc([C@@H]2Oc3ccc(Br)cc3[C@@H]3CC(c4ccccc4)=NN32)c1. The Kier molecular flexibility index (Phi) is 4.32. The molecular weight excluding hydrogens is 434 g/mol. The molecule has 0 bridgehead atoms. The van der Waals surface area contributed by atoms with E-state index in [0.717, 1.165) is 33.5 Å². The van der Waals surface area contributed by atoms with Crippen molar-refractivity contribution < 1.29 is 9.66 Å². The summed E-state index contributed by atoms with van der Waals surface area (Å²) in [7, 11) is 0. The zero-order chi connectivity index (χ0) is 20.0. The van der Waals surface area contributed by atoms with Crippen molar-refractivity contribution in [3.63, 3.8) is 0 Å². The van der Waals surface area contributed by atoms with Crippen LogP contribution in [0.15, 0.2) is 82.4 Å². The maximum atomic E-state index is 11.3. The van der Waals surface area contributed by atoms with Crippen LogP contribution in [0.25, 0.3) is 0 Å². The number of rotatable bonds is 3. The van der Waals surface area contributed by atoms with Crippen LogP contribution in [-0.4, -0.2) is 15.6 Å². The van der Waals surface area contributed by atoms with Crippen LogP contribution in [0, 0.1) is 10.1 Å². The summed E-state index contributed by atoms with van der Waals surface area (Å²) in [6.45, 7) is 0. The topological polar surface area (TPSA) is 68.0 Å². The normalized spacial score (nSPS) is 19.8. The van der Waals surface area contributed by atoms with Crippen molar-refractivity contribution in [1.29, 1.82) is 0 Å². The van der Waals surface area contributed by atoms with E-state index in [1.807, 2.05) is 53.5 Å². The average Bonchev–Trinajstić information content (AvgIpc) is 3.20. The summed E-state index contributed by atoms with van der Waals surface area (Å²) in [5, 5.41) is 18.1. The van der Waals surface area contributed by atoms with Gasteiger partial charge in [0.2, 0.25) is 6.23 Å². The summed E-state index contributed by atoms with van der Waals surface area (Å²) in [6, 6.07) is 22.5. The molecule has 144 valence electrons. The molecule has 0 N–H and O–H groups in total. The van der Waals surface area contributed by atoms with Crippen LogP contribution in [0.3, 0.4) is 0 Å². The van der Waals surface area contributed by atoms with Gasteiger partial charge < -0.3 is 4.74 Å². The highest BCUT2D eigenvalue weighted by Gasteiger charge is 2.41. The molecule has 0 saturated carbocycles. The molecule has 5 rings (SSSR count). The van der Waals surface area contributed by atoms with Crippen molar-refractivity contribution in [1.82, 2.24) is 5.01 Å². The standard InChI is InChI=1S/C22H16BrN3O3/c23-16-9-10-21-18(12-16)20-13-19(14-5-2-1-3-6-14)24-25(20)22(29-21)15-7-4-8-17(11-15)26(27)28/h1-12,20,22H,13H2/t20-,22-/m0/s1. The lowest BCUT2D eigenvalue weighted by Gasteiger charge is -2.38. The van der Waals surface area contributed by atoms with Gasteiger partial charge in [0.05, 0.1) is 16.7 Å². The molecule has 0 fully saturated rings. The number of hydrogen-bond acceptors (Lipinski definition) is 5. The van der Waals surface area contributed by atoms with Crippen LogP contribution >= 0.6 is 15.9 Å². The zero-order valence-electron chi connectivity index (χ0n) is 15.2. The molecule has 0 aromatic heterocycles. The molecule has 0 saturated heterocycles. The molecule has 0 aliphatic carbocycles. The first kappa shape index (κ1) is 17.9. The Morgan fingerprint density at radius 3 is 2.69 bits per heavy atom. The monoisotopic (exact) mass is 449 g/mol. The second-order valence-electron chi connectivity index (χ2n) is 7.02. The first-order chi connectivity index (χ1) is 14.1. The Balaban J connectivity index is 1.61. The molecule has 29 heavy (non-hydrogen) atoms. The maximum Gasteiger partial charge on any atom is 0.269 e. The Bertz CT molecular complexity index is 1130. The van der Waals surface area contributed by atoms with Crippen LogP contribution in [-0.2, 0) is 0 Å². The molecule has 2 atom stereocenters. The van der Waals surface area contributed by atoms with Gasteiger partial charge >= 0.3 is 0 Å². The molecule has 0 spiro atoms. The third kappa shape index (κ3) is 3.17. The first-order valence-electron chi connectivity index (χ1n) is 9.22. The van der Waals surface area contributed by atoms with Crippen LogP contribution in [0.5, 0.6) is 5.75 Å². The fraction of sp³-hybridized carbons (Fsp3) is 0.136. The minimum Gasteiger partial charge on any atom is -0.464 e. The van der Waals surface area contributed by atoms with Crippen LogP contribution in [0.4, 0.5) is 5.69 Å². The molecule has 3 aromatic carbocycles. The summed E-state index contributed by atoms with van der Waals surface area (Å²) >= 11 is 3.55. The summed E-state index contributed by atoms with van der Waals surface area (Å²) < 4.78 is 7.26. The smallest absolute Gasteiger partial charge is 0.269 e. The van der Waals surface area contributed by atoms with E-state index in [-0.39, 0.29) is 11.7 Å². The number of nitrogens with zero attached hydrogens (tertiary/aromatic N) is 3. The van der Waals surface area contributed by atoms with Crippen LogP contribution < -0.4 is 4.74 Å². The Hall–Kier alpha value is -3.19. The van der Waals surface area contributed by atoms with Gasteiger partial charge in [-0.3, -0.25) is 10.1 Å². The fourth-order valence-corrected chi connectivity index (χ4v) is 4.25. The third-order valence-electron chi connectivity index (χ3n) is 5.23. The van der Waals surface area contributed by atoms with Crippen molar-refractivity contribution in [2.45, 2.75) is 18.7 Å². The van der Waals surface area contributed by atoms with E-state index in [1.54, 1.807) is 12.1 Å². The van der Waals surface area contributed by atoms with Crippen molar-refractivity contribution in [3.8, 4) is 5.75 Å². The predicted molar refractivity (Wildman–Crippen MR) is 113 cm³/mol. The van der Waals surface area contributed by atoms with Gasteiger partial charge in [0.25, 0.3) is 5.69 Å². The van der Waals surface area contributed by atoms with Gasteiger partial charge in [-0.05, 0) is 23.8 Å². The lowest BCUT2D eigenvalue weighted by Crippen LogP contribution is -2.33. The molecule has 6 nitrogen and oxygen atoms in total. The minimum atomic E-state index is -0.533. The molecule has 0 radical (unpaired) electrons. The van der Waals surface area contributed by atoms with E-state index in [9.17, 15) is 10.1 Å². The highest BCUT2D eigenvalue weighted by atomic mass is 79.9. The molecule has 2 aliphatic heterocycles. The van der Waals surface area contributed by atoms with Crippen molar-refractivity contribution in [2.75, 3.05) is 0 Å². The Labute approximate surface area is 175 Å². The van der Waals surface area contributed by atoms with Crippen LogP contribution in [0.2, 0.25) is 0 Å². The molecular formula is C22H16BrN3O3. The summed E-state index contributed by atoms with van der Waals surface area (Å²) in [5.74, 6) is 0.774. The van der Waals surface area contributed by atoms with Gasteiger partial charge in [0.1, 0.15) is 5.75 Å². The summed E-state index contributed by atoms with van der Waals surface area (Å²) in [4.78, 5) is 10.9. The highest BCUT2D eigenvalue weighted by Crippen LogP contribution is 2.48. The molecule has 0 unspecified atom stereocenters. The lowest BCUT2D eigenvalue weighted by molar-refractivity contribution is -0.385. The molecule has 3 aromatic rings. The number of benzene rings is 3. The number of ether oxygens (including phenoxy) is 1. The van der Waals surface area contributed by atoms with E-state index in [2.05, 4.69) is 22.0 Å². The van der Waals surface area contributed by atoms with Crippen molar-refractivity contribution in [2.24, 2.45) is 5.10 Å². The summed E-state index contributed by atoms with van der Waals surface area (Å²) in [6.07, 6.45) is 0.206. The number of non-ortho nitro benzene ring substituents is 1. The zero-order valence-corrected chi connectivity index (χ0v) is 16.8. The average molecular weight is 450 g/mol. The molecule has 2 aliphatic rings. The van der Waals surface area contributed by atoms with Gasteiger partial charge in [-0.2, -0.15) is 5.10 Å². The van der Waals surface area contributed by atoms with Gasteiger partial charge in [0.15, 0.2) is 0 Å².